The van der Waals surface area contributed by atoms with E-state index in [1.807, 2.05) is 12.1 Å². The Kier molecular flexibility index (Phi) is 3.40. The predicted molar refractivity (Wildman–Crippen MR) is 76.6 cm³/mol. The molecule has 0 unspecified atom stereocenters. The normalized spacial score (nSPS) is 17.1. The number of imidazole rings is 1. The van der Waals surface area contributed by atoms with E-state index in [4.69, 9.17) is 0 Å². The van der Waals surface area contributed by atoms with Crippen LogP contribution in [-0.2, 0) is 13.5 Å². The third-order valence-electron chi connectivity index (χ3n) is 3.93. The highest BCUT2D eigenvalue weighted by molar-refractivity contribution is 5.78. The van der Waals surface area contributed by atoms with Crippen LogP contribution in [0.15, 0.2) is 23.0 Å². The summed E-state index contributed by atoms with van der Waals surface area (Å²) >= 11 is 0. The zero-order chi connectivity index (χ0) is 13.2. The van der Waals surface area contributed by atoms with Gasteiger partial charge in [-0.2, -0.15) is 0 Å². The maximum Gasteiger partial charge on any atom is 0.326 e. The van der Waals surface area contributed by atoms with Crippen LogP contribution >= 0.6 is 0 Å². The average Bonchev–Trinajstić information content (AvgIpc) is 2.74. The second-order valence-electron chi connectivity index (χ2n) is 5.14. The van der Waals surface area contributed by atoms with Gasteiger partial charge in [-0.1, -0.05) is 12.1 Å². The van der Waals surface area contributed by atoms with E-state index in [2.05, 4.69) is 21.3 Å². The van der Waals surface area contributed by atoms with Crippen LogP contribution in [0.25, 0.3) is 11.0 Å². The van der Waals surface area contributed by atoms with Crippen molar-refractivity contribution in [3.05, 3.63) is 34.2 Å². The molecule has 1 aliphatic heterocycles. The van der Waals surface area contributed by atoms with E-state index in [1.54, 1.807) is 11.6 Å². The van der Waals surface area contributed by atoms with Crippen LogP contribution in [0.2, 0.25) is 0 Å². The zero-order valence-electron chi connectivity index (χ0n) is 11.3. The summed E-state index contributed by atoms with van der Waals surface area (Å²) in [7, 11) is 1.81. The van der Waals surface area contributed by atoms with Crippen molar-refractivity contribution in [1.29, 1.82) is 0 Å². The Bertz CT molecular complexity index is 622. The second-order valence-corrected chi connectivity index (χ2v) is 5.14. The molecule has 0 saturated carbocycles. The first kappa shape index (κ1) is 12.4. The number of aromatic nitrogens is 2. The molecule has 102 valence electrons. The number of piperazine rings is 1. The molecule has 1 aromatic carbocycles. The molecule has 3 rings (SSSR count). The molecule has 0 aliphatic carbocycles. The molecule has 19 heavy (non-hydrogen) atoms. The summed E-state index contributed by atoms with van der Waals surface area (Å²) in [6.07, 6.45) is 0.983. The quantitative estimate of drug-likeness (QED) is 0.835. The van der Waals surface area contributed by atoms with Gasteiger partial charge in [-0.05, 0) is 18.1 Å². The molecule has 2 heterocycles. The fraction of sp³-hybridized carbons (Fsp3) is 0.500. The maximum atomic E-state index is 11.7. The number of benzene rings is 1. The number of fused-ring (bicyclic) bond motifs is 1. The highest BCUT2D eigenvalue weighted by atomic mass is 16.1. The van der Waals surface area contributed by atoms with Crippen molar-refractivity contribution in [1.82, 2.24) is 19.8 Å². The molecule has 2 aromatic rings. The number of nitrogens with zero attached hydrogens (tertiary/aromatic N) is 2. The fourth-order valence-corrected chi connectivity index (χ4v) is 2.73. The van der Waals surface area contributed by atoms with Crippen LogP contribution < -0.4 is 11.0 Å². The van der Waals surface area contributed by atoms with Gasteiger partial charge in [-0.25, -0.2) is 4.79 Å². The van der Waals surface area contributed by atoms with E-state index in [0.29, 0.717) is 0 Å². The molecule has 1 fully saturated rings. The molecule has 2 N–H and O–H groups in total. The number of hydrogen-bond donors (Lipinski definition) is 2. The Hall–Kier alpha value is -1.59. The van der Waals surface area contributed by atoms with E-state index in [-0.39, 0.29) is 5.69 Å². The van der Waals surface area contributed by atoms with E-state index in [1.165, 1.54) is 5.56 Å². The number of H-pyrrole nitrogens is 1. The van der Waals surface area contributed by atoms with Crippen LogP contribution in [0.5, 0.6) is 0 Å². The van der Waals surface area contributed by atoms with Gasteiger partial charge in [0.2, 0.25) is 0 Å². The first-order chi connectivity index (χ1) is 9.25. The van der Waals surface area contributed by atoms with Crippen molar-refractivity contribution in [2.24, 2.45) is 7.05 Å². The Morgan fingerprint density at radius 1 is 1.26 bits per heavy atom. The SMILES string of the molecule is Cn1c(=O)[nH]c2c(CCN3CCNCC3)cccc21. The van der Waals surface area contributed by atoms with Crippen LogP contribution in [0, 0.1) is 0 Å². The van der Waals surface area contributed by atoms with Gasteiger partial charge in [-0.3, -0.25) is 4.57 Å². The van der Waals surface area contributed by atoms with Gasteiger partial charge in [-0.15, -0.1) is 0 Å². The topological polar surface area (TPSA) is 53.1 Å². The predicted octanol–water partition coefficient (Wildman–Crippen LogP) is 0.314. The van der Waals surface area contributed by atoms with Crippen LogP contribution in [0.1, 0.15) is 5.56 Å². The molecule has 0 amide bonds. The number of nitrogens with one attached hydrogen (secondary N) is 2. The van der Waals surface area contributed by atoms with Crippen molar-refractivity contribution < 1.29 is 0 Å². The van der Waals surface area contributed by atoms with Crippen LogP contribution in [0.4, 0.5) is 0 Å². The molecule has 5 nitrogen and oxygen atoms in total. The number of para-hydroxylation sites is 1. The summed E-state index contributed by atoms with van der Waals surface area (Å²) in [5, 5.41) is 3.36. The molecule has 5 heteroatoms. The Morgan fingerprint density at radius 3 is 2.84 bits per heavy atom. The zero-order valence-corrected chi connectivity index (χ0v) is 11.3. The van der Waals surface area contributed by atoms with Gasteiger partial charge in [0.15, 0.2) is 0 Å². The van der Waals surface area contributed by atoms with Gasteiger partial charge in [0.25, 0.3) is 0 Å². The largest absolute Gasteiger partial charge is 0.326 e. The highest BCUT2D eigenvalue weighted by Crippen LogP contribution is 2.15. The van der Waals surface area contributed by atoms with E-state index >= 15 is 0 Å². The standard InChI is InChI=1S/C14H20N4O/c1-17-12-4-2-3-11(13(12)16-14(17)19)5-8-18-9-6-15-7-10-18/h2-4,15H,5-10H2,1H3,(H,16,19). The Morgan fingerprint density at radius 2 is 2.05 bits per heavy atom. The van der Waals surface area contributed by atoms with E-state index in [9.17, 15) is 4.79 Å². The summed E-state index contributed by atoms with van der Waals surface area (Å²) in [4.78, 5) is 17.1. The molecular formula is C14H20N4O. The van der Waals surface area contributed by atoms with E-state index in [0.717, 1.165) is 50.2 Å². The first-order valence-electron chi connectivity index (χ1n) is 6.85. The summed E-state index contributed by atoms with van der Waals surface area (Å²) in [6.45, 7) is 5.43. The smallest absolute Gasteiger partial charge is 0.314 e. The van der Waals surface area contributed by atoms with Crippen molar-refractivity contribution in [2.75, 3.05) is 32.7 Å². The number of aryl methyl sites for hydroxylation is 1. The number of aromatic amines is 1. The highest BCUT2D eigenvalue weighted by Gasteiger charge is 2.11. The van der Waals surface area contributed by atoms with Crippen LogP contribution in [-0.4, -0.2) is 47.2 Å². The molecule has 1 aromatic heterocycles. The number of hydrogen-bond acceptors (Lipinski definition) is 3. The molecule has 0 radical (unpaired) electrons. The minimum atomic E-state index is -0.0374. The first-order valence-corrected chi connectivity index (χ1v) is 6.85. The minimum absolute atomic E-state index is 0.0374. The van der Waals surface area contributed by atoms with Crippen molar-refractivity contribution in [3.63, 3.8) is 0 Å². The van der Waals surface area contributed by atoms with Gasteiger partial charge < -0.3 is 15.2 Å². The third kappa shape index (κ3) is 2.43. The van der Waals surface area contributed by atoms with Gasteiger partial charge in [0.05, 0.1) is 11.0 Å². The molecule has 0 spiro atoms. The summed E-state index contributed by atoms with van der Waals surface area (Å²) in [5.41, 5.74) is 3.17. The van der Waals surface area contributed by atoms with Crippen molar-refractivity contribution in [3.8, 4) is 0 Å². The van der Waals surface area contributed by atoms with Gasteiger partial charge >= 0.3 is 5.69 Å². The summed E-state index contributed by atoms with van der Waals surface area (Å²) in [5.74, 6) is 0. The Labute approximate surface area is 112 Å². The van der Waals surface area contributed by atoms with Gasteiger partial charge in [0, 0.05) is 39.8 Å². The molecule has 0 bridgehead atoms. The van der Waals surface area contributed by atoms with E-state index < -0.39 is 0 Å². The molecule has 1 aliphatic rings. The molecule has 1 saturated heterocycles. The van der Waals surface area contributed by atoms with Crippen molar-refractivity contribution in [2.45, 2.75) is 6.42 Å². The molecular weight excluding hydrogens is 240 g/mol. The average molecular weight is 260 g/mol. The minimum Gasteiger partial charge on any atom is -0.314 e. The third-order valence-corrected chi connectivity index (χ3v) is 3.93. The lowest BCUT2D eigenvalue weighted by atomic mass is 10.1. The van der Waals surface area contributed by atoms with Crippen LogP contribution in [0.3, 0.4) is 0 Å². The summed E-state index contributed by atoms with van der Waals surface area (Å²) < 4.78 is 1.67. The number of rotatable bonds is 3. The summed E-state index contributed by atoms with van der Waals surface area (Å²) in [6, 6.07) is 6.13. The molecule has 0 atom stereocenters. The Balaban J connectivity index is 1.80. The second kappa shape index (κ2) is 5.19. The van der Waals surface area contributed by atoms with Crippen molar-refractivity contribution >= 4 is 11.0 Å². The monoisotopic (exact) mass is 260 g/mol. The lowest BCUT2D eigenvalue weighted by Gasteiger charge is -2.27. The lowest BCUT2D eigenvalue weighted by molar-refractivity contribution is 0.244. The maximum absolute atomic E-state index is 11.7. The lowest BCUT2D eigenvalue weighted by Crippen LogP contribution is -2.44. The fourth-order valence-electron chi connectivity index (χ4n) is 2.73. The van der Waals surface area contributed by atoms with Gasteiger partial charge in [0.1, 0.15) is 0 Å².